The number of amides is 1. The molecule has 0 aromatic heterocycles. The highest BCUT2D eigenvalue weighted by atomic mass is 32.2. The van der Waals surface area contributed by atoms with E-state index in [9.17, 15) is 22.0 Å². The Labute approximate surface area is 154 Å². The van der Waals surface area contributed by atoms with Gasteiger partial charge in [-0.3, -0.25) is 4.79 Å². The van der Waals surface area contributed by atoms with Crippen molar-refractivity contribution in [1.82, 2.24) is 4.72 Å². The number of ether oxygens (including phenoxy) is 1. The maximum atomic E-state index is 13.7. The highest BCUT2D eigenvalue weighted by Crippen LogP contribution is 2.23. The molecule has 26 heavy (non-hydrogen) atoms. The number of rotatable bonds is 8. The minimum atomic E-state index is -3.86. The molecule has 0 aliphatic carbocycles. The van der Waals surface area contributed by atoms with E-state index in [1.165, 1.54) is 12.1 Å². The number of nitrogens with two attached hydrogens (primary N) is 1. The number of carbonyl (C=O) groups excluding carboxylic acids is 1. The first kappa shape index (κ1) is 20.1. The highest BCUT2D eigenvalue weighted by Gasteiger charge is 2.29. The Bertz CT molecular complexity index is 859. The summed E-state index contributed by atoms with van der Waals surface area (Å²) in [6.45, 7) is -0.357. The van der Waals surface area contributed by atoms with E-state index in [-0.39, 0.29) is 11.4 Å². The van der Waals surface area contributed by atoms with Crippen molar-refractivity contribution in [1.29, 1.82) is 0 Å². The van der Waals surface area contributed by atoms with Crippen LogP contribution in [0.4, 0.5) is 8.78 Å². The van der Waals surface area contributed by atoms with Crippen molar-refractivity contribution in [2.24, 2.45) is 5.73 Å². The van der Waals surface area contributed by atoms with E-state index in [1.807, 2.05) is 0 Å². The van der Waals surface area contributed by atoms with Crippen molar-refractivity contribution < 1.29 is 26.7 Å². The van der Waals surface area contributed by atoms with Crippen molar-refractivity contribution in [3.63, 3.8) is 0 Å². The maximum Gasteiger partial charge on any atom is 0.259 e. The molecule has 0 aliphatic heterocycles. The number of benzene rings is 2. The lowest BCUT2D eigenvalue weighted by atomic mass is 10.2. The molecule has 6 nitrogen and oxygen atoms in total. The van der Waals surface area contributed by atoms with Crippen LogP contribution in [-0.2, 0) is 14.8 Å². The van der Waals surface area contributed by atoms with E-state index in [0.717, 1.165) is 18.2 Å². The standard InChI is InChI=1S/C16H16F2N2O4S2/c17-11-7-4-8-12(18)14(11)24-15(16(19)21)13(25)9-20-26(22,23)10-5-2-1-3-6-10/h1-8,13,15,20,25H,9H2,(H2,19,21). The average Bonchev–Trinajstić information content (AvgIpc) is 2.60. The molecule has 2 atom stereocenters. The van der Waals surface area contributed by atoms with Crippen LogP contribution in [-0.4, -0.2) is 32.2 Å². The monoisotopic (exact) mass is 402 g/mol. The number of nitrogens with one attached hydrogen (secondary N) is 1. The molecule has 0 saturated carbocycles. The van der Waals surface area contributed by atoms with Gasteiger partial charge in [0.1, 0.15) is 0 Å². The number of halogens is 2. The molecular formula is C16H16F2N2O4S2. The third-order valence-electron chi connectivity index (χ3n) is 3.33. The molecule has 0 radical (unpaired) electrons. The van der Waals surface area contributed by atoms with Gasteiger partial charge in [0.05, 0.1) is 10.1 Å². The van der Waals surface area contributed by atoms with Gasteiger partial charge in [-0.1, -0.05) is 24.3 Å². The van der Waals surface area contributed by atoms with Crippen LogP contribution in [0.15, 0.2) is 53.4 Å². The zero-order valence-electron chi connectivity index (χ0n) is 13.3. The lowest BCUT2D eigenvalue weighted by Gasteiger charge is -2.22. The predicted molar refractivity (Wildman–Crippen MR) is 94.4 cm³/mol. The first-order chi connectivity index (χ1) is 12.2. The van der Waals surface area contributed by atoms with Crippen molar-refractivity contribution in [2.75, 3.05) is 6.54 Å². The summed E-state index contributed by atoms with van der Waals surface area (Å²) >= 11 is 4.09. The molecule has 0 bridgehead atoms. The third kappa shape index (κ3) is 4.93. The third-order valence-corrected chi connectivity index (χ3v) is 5.22. The second-order valence-corrected chi connectivity index (χ2v) is 7.65. The Morgan fingerprint density at radius 2 is 1.69 bits per heavy atom. The number of hydrogen-bond donors (Lipinski definition) is 3. The lowest BCUT2D eigenvalue weighted by molar-refractivity contribution is -0.124. The number of hydrogen-bond acceptors (Lipinski definition) is 5. The quantitative estimate of drug-likeness (QED) is 0.583. The molecule has 0 heterocycles. The molecule has 0 aliphatic rings. The number of carbonyl (C=O) groups is 1. The van der Waals surface area contributed by atoms with Gasteiger partial charge in [0.25, 0.3) is 5.91 Å². The van der Waals surface area contributed by atoms with Gasteiger partial charge in [-0.25, -0.2) is 21.9 Å². The summed E-state index contributed by atoms with van der Waals surface area (Å²) in [7, 11) is -3.86. The molecule has 0 fully saturated rings. The Hall–Kier alpha value is -2.17. The zero-order valence-corrected chi connectivity index (χ0v) is 15.0. The second kappa shape index (κ2) is 8.47. The summed E-state index contributed by atoms with van der Waals surface area (Å²) in [4.78, 5) is 11.6. The normalized spacial score (nSPS) is 13.8. The minimum Gasteiger partial charge on any atom is -0.473 e. The number of thiol groups is 1. The van der Waals surface area contributed by atoms with Crippen LogP contribution in [0.5, 0.6) is 5.75 Å². The van der Waals surface area contributed by atoms with Crippen LogP contribution in [0.3, 0.4) is 0 Å². The van der Waals surface area contributed by atoms with Crippen LogP contribution in [0.25, 0.3) is 0 Å². The fourth-order valence-corrected chi connectivity index (χ4v) is 3.54. The van der Waals surface area contributed by atoms with E-state index >= 15 is 0 Å². The van der Waals surface area contributed by atoms with E-state index in [0.29, 0.717) is 0 Å². The molecule has 2 unspecified atom stereocenters. The van der Waals surface area contributed by atoms with Crippen LogP contribution in [0, 0.1) is 11.6 Å². The first-order valence-electron chi connectivity index (χ1n) is 7.35. The SMILES string of the molecule is NC(=O)C(Oc1c(F)cccc1F)C(S)CNS(=O)(=O)c1ccccc1. The molecule has 10 heteroatoms. The van der Waals surface area contributed by atoms with Crippen molar-refractivity contribution in [3.8, 4) is 5.75 Å². The Kier molecular flexibility index (Phi) is 6.57. The summed E-state index contributed by atoms with van der Waals surface area (Å²) in [5.74, 6) is -3.89. The highest BCUT2D eigenvalue weighted by molar-refractivity contribution is 7.89. The molecule has 3 N–H and O–H groups in total. The topological polar surface area (TPSA) is 98.5 Å². The van der Waals surface area contributed by atoms with Gasteiger partial charge < -0.3 is 10.5 Å². The number of sulfonamides is 1. The van der Waals surface area contributed by atoms with Gasteiger partial charge in [0.2, 0.25) is 10.0 Å². The smallest absolute Gasteiger partial charge is 0.259 e. The summed E-state index contributed by atoms with van der Waals surface area (Å²) in [6, 6.07) is 10.5. The van der Waals surface area contributed by atoms with Crippen LogP contribution in [0.2, 0.25) is 0 Å². The van der Waals surface area contributed by atoms with Gasteiger partial charge >= 0.3 is 0 Å². The lowest BCUT2D eigenvalue weighted by Crippen LogP contribution is -2.46. The van der Waals surface area contributed by atoms with E-state index in [2.05, 4.69) is 17.4 Å². The molecule has 0 spiro atoms. The van der Waals surface area contributed by atoms with E-state index in [4.69, 9.17) is 10.5 Å². The maximum absolute atomic E-state index is 13.7. The van der Waals surface area contributed by atoms with E-state index < -0.39 is 44.7 Å². The van der Waals surface area contributed by atoms with Gasteiger partial charge in [0.15, 0.2) is 23.5 Å². The van der Waals surface area contributed by atoms with Crippen molar-refractivity contribution >= 4 is 28.6 Å². The van der Waals surface area contributed by atoms with E-state index in [1.54, 1.807) is 18.2 Å². The summed E-state index contributed by atoms with van der Waals surface area (Å²) < 4.78 is 59.0. The predicted octanol–water partition coefficient (Wildman–Crippen LogP) is 1.47. The molecule has 2 aromatic carbocycles. The Morgan fingerprint density at radius 3 is 2.23 bits per heavy atom. The molecule has 2 aromatic rings. The molecule has 2 rings (SSSR count). The fourth-order valence-electron chi connectivity index (χ4n) is 2.03. The Balaban J connectivity index is 2.12. The minimum absolute atomic E-state index is 0.0113. The number of para-hydroxylation sites is 1. The average molecular weight is 402 g/mol. The fraction of sp³-hybridized carbons (Fsp3) is 0.188. The largest absolute Gasteiger partial charge is 0.473 e. The van der Waals surface area contributed by atoms with Gasteiger partial charge in [-0.2, -0.15) is 12.6 Å². The second-order valence-electron chi connectivity index (χ2n) is 5.22. The molecule has 140 valence electrons. The Morgan fingerprint density at radius 1 is 1.12 bits per heavy atom. The van der Waals surface area contributed by atoms with Crippen LogP contribution in [0.1, 0.15) is 0 Å². The molecular weight excluding hydrogens is 386 g/mol. The van der Waals surface area contributed by atoms with Crippen LogP contribution >= 0.6 is 12.6 Å². The first-order valence-corrected chi connectivity index (χ1v) is 9.35. The summed E-state index contributed by atoms with van der Waals surface area (Å²) in [6.07, 6.45) is -1.57. The van der Waals surface area contributed by atoms with Gasteiger partial charge in [0, 0.05) is 6.54 Å². The molecule has 1 amide bonds. The van der Waals surface area contributed by atoms with Gasteiger partial charge in [-0.05, 0) is 24.3 Å². The zero-order chi connectivity index (χ0) is 19.3. The summed E-state index contributed by atoms with van der Waals surface area (Å²) in [5, 5.41) is -1.09. The summed E-state index contributed by atoms with van der Waals surface area (Å²) in [5.41, 5.74) is 5.20. The van der Waals surface area contributed by atoms with Crippen LogP contribution < -0.4 is 15.2 Å². The van der Waals surface area contributed by atoms with Crippen molar-refractivity contribution in [2.45, 2.75) is 16.2 Å². The van der Waals surface area contributed by atoms with Crippen molar-refractivity contribution in [3.05, 3.63) is 60.2 Å². The van der Waals surface area contributed by atoms with Gasteiger partial charge in [-0.15, -0.1) is 0 Å². The number of primary amides is 1. The molecule has 0 saturated heterocycles.